The largest absolute Gasteiger partial charge is 0.393 e. The molecule has 1 saturated heterocycles. The molecule has 2 aromatic heterocycles. The molecule has 0 saturated carbocycles. The molecular weight excluding hydrogens is 484 g/mol. The van der Waals surface area contributed by atoms with Gasteiger partial charge in [-0.05, 0) is 80.2 Å². The number of halogens is 1. The number of hydrogen-bond donors (Lipinski definition) is 2. The number of rotatable bonds is 5. The highest BCUT2D eigenvalue weighted by Crippen LogP contribution is 2.31. The second kappa shape index (κ2) is 9.52. The fraction of sp³-hybridized carbons (Fsp3) is 0.480. The molecule has 8 heteroatoms. The molecule has 0 aliphatic carbocycles. The van der Waals surface area contributed by atoms with Crippen molar-refractivity contribution in [3.05, 3.63) is 51.3 Å². The molecule has 0 radical (unpaired) electrons. The van der Waals surface area contributed by atoms with Crippen molar-refractivity contribution in [1.29, 1.82) is 0 Å². The first-order valence-corrected chi connectivity index (χ1v) is 12.2. The third kappa shape index (κ3) is 4.83. The van der Waals surface area contributed by atoms with Crippen LogP contribution in [0.5, 0.6) is 0 Å². The molecule has 2 aromatic rings. The zero-order valence-electron chi connectivity index (χ0n) is 19.6. The molecule has 7 nitrogen and oxygen atoms in total. The van der Waals surface area contributed by atoms with Crippen LogP contribution in [0.25, 0.3) is 5.52 Å². The lowest BCUT2D eigenvalue weighted by Gasteiger charge is -2.35. The van der Waals surface area contributed by atoms with E-state index in [1.54, 1.807) is 6.92 Å². The van der Waals surface area contributed by atoms with E-state index in [0.717, 1.165) is 52.8 Å². The predicted molar refractivity (Wildman–Crippen MR) is 133 cm³/mol. The first-order chi connectivity index (χ1) is 15.7. The summed E-state index contributed by atoms with van der Waals surface area (Å²) in [5.41, 5.74) is 5.13. The van der Waals surface area contributed by atoms with E-state index >= 15 is 0 Å². The number of piperidine rings is 1. The van der Waals surface area contributed by atoms with Gasteiger partial charge in [0.15, 0.2) is 0 Å². The van der Waals surface area contributed by atoms with Crippen LogP contribution in [0.3, 0.4) is 0 Å². The van der Waals surface area contributed by atoms with Crippen molar-refractivity contribution in [1.82, 2.24) is 14.6 Å². The van der Waals surface area contributed by atoms with Gasteiger partial charge < -0.3 is 14.8 Å². The molecule has 2 aliphatic rings. The van der Waals surface area contributed by atoms with Gasteiger partial charge in [-0.2, -0.15) is 0 Å². The van der Waals surface area contributed by atoms with Gasteiger partial charge in [0.05, 0.1) is 12.0 Å². The Hall–Kier alpha value is -2.29. The number of nitrogens with zero attached hydrogens (tertiary/aromatic N) is 3. The van der Waals surface area contributed by atoms with Crippen LogP contribution in [0.4, 0.5) is 0 Å². The predicted octanol–water partition coefficient (Wildman–Crippen LogP) is 3.82. The highest BCUT2D eigenvalue weighted by molar-refractivity contribution is 9.10. The molecule has 2 atom stereocenters. The Bertz CT molecular complexity index is 1160. The van der Waals surface area contributed by atoms with Crippen LogP contribution in [0.2, 0.25) is 0 Å². The summed E-state index contributed by atoms with van der Waals surface area (Å²) < 4.78 is 3.09. The minimum Gasteiger partial charge on any atom is -0.393 e. The van der Waals surface area contributed by atoms with E-state index in [2.05, 4.69) is 42.5 Å². The molecule has 2 aliphatic heterocycles. The maximum absolute atomic E-state index is 13.3. The average Bonchev–Trinajstić information content (AvgIpc) is 3.12. The van der Waals surface area contributed by atoms with Gasteiger partial charge in [-0.15, -0.1) is 0 Å². The highest BCUT2D eigenvalue weighted by Gasteiger charge is 2.28. The molecule has 0 aromatic carbocycles. The van der Waals surface area contributed by atoms with Crippen molar-refractivity contribution in [2.75, 3.05) is 19.6 Å². The number of carbonyl (C=O) groups excluding carboxylic acids is 2. The van der Waals surface area contributed by atoms with Crippen LogP contribution in [0.15, 0.2) is 39.4 Å². The molecule has 2 N–H and O–H groups in total. The molecule has 2 unspecified atom stereocenters. The summed E-state index contributed by atoms with van der Waals surface area (Å²) in [6, 6.07) is 3.98. The van der Waals surface area contributed by atoms with Gasteiger partial charge in [0.25, 0.3) is 11.8 Å². The zero-order chi connectivity index (χ0) is 23.9. The normalized spacial score (nSPS) is 21.2. The highest BCUT2D eigenvalue weighted by atomic mass is 79.9. The molecule has 0 spiro atoms. The van der Waals surface area contributed by atoms with Crippen LogP contribution >= 0.6 is 15.9 Å². The summed E-state index contributed by atoms with van der Waals surface area (Å²) in [6.07, 6.45) is 5.20. The summed E-state index contributed by atoms with van der Waals surface area (Å²) in [6.45, 7) is 9.70. The van der Waals surface area contributed by atoms with Crippen LogP contribution < -0.4 is 5.32 Å². The molecule has 0 bridgehead atoms. The zero-order valence-corrected chi connectivity index (χ0v) is 21.1. The number of pyridine rings is 1. The Kier molecular flexibility index (Phi) is 6.88. The van der Waals surface area contributed by atoms with Crippen molar-refractivity contribution in [3.8, 4) is 0 Å². The van der Waals surface area contributed by atoms with Crippen molar-refractivity contribution in [2.24, 2.45) is 10.9 Å². The number of dihydropyridines is 1. The van der Waals surface area contributed by atoms with Gasteiger partial charge in [0.2, 0.25) is 0 Å². The number of amides is 2. The Balaban J connectivity index is 1.63. The molecular formula is C25H31BrN4O3. The summed E-state index contributed by atoms with van der Waals surface area (Å²) >= 11 is 3.57. The molecule has 33 heavy (non-hydrogen) atoms. The van der Waals surface area contributed by atoms with Crippen LogP contribution in [0.1, 0.15) is 61.3 Å². The first-order valence-electron chi connectivity index (χ1n) is 11.4. The maximum Gasteiger partial charge on any atom is 0.254 e. The second-order valence-electron chi connectivity index (χ2n) is 9.21. The van der Waals surface area contributed by atoms with Crippen molar-refractivity contribution in [3.63, 3.8) is 0 Å². The number of likely N-dealkylation sites (tertiary alicyclic amines) is 1. The molecule has 2 amide bonds. The lowest BCUT2D eigenvalue weighted by Crippen LogP contribution is -2.38. The summed E-state index contributed by atoms with van der Waals surface area (Å²) in [5, 5.41) is 12.9. The SMILES string of the molecule is CC1=CC(C)=NC(=O)C1CNC(=O)c1cc2cc(Br)cn2c(C(C)N2CCC(O)CC2)c1C. The van der Waals surface area contributed by atoms with Gasteiger partial charge in [0, 0.05) is 58.8 Å². The number of hydrogen-bond acceptors (Lipinski definition) is 4. The summed E-state index contributed by atoms with van der Waals surface area (Å²) in [7, 11) is 0. The van der Waals surface area contributed by atoms with Gasteiger partial charge >= 0.3 is 0 Å². The lowest BCUT2D eigenvalue weighted by atomic mass is 9.95. The minimum absolute atomic E-state index is 0.0782. The number of aliphatic hydroxyl groups excluding tert-OH is 1. The molecule has 176 valence electrons. The number of nitrogens with one attached hydrogen (secondary N) is 1. The van der Waals surface area contributed by atoms with Crippen LogP contribution in [-0.2, 0) is 4.79 Å². The topological polar surface area (TPSA) is 86.4 Å². The number of aliphatic imine (C=N–C) groups is 1. The van der Waals surface area contributed by atoms with E-state index in [9.17, 15) is 14.7 Å². The fourth-order valence-corrected chi connectivity index (χ4v) is 5.42. The fourth-order valence-electron chi connectivity index (χ4n) is 4.98. The number of aromatic nitrogens is 1. The quantitative estimate of drug-likeness (QED) is 0.634. The van der Waals surface area contributed by atoms with E-state index in [4.69, 9.17) is 0 Å². The Morgan fingerprint density at radius 2 is 1.97 bits per heavy atom. The Labute approximate surface area is 202 Å². The van der Waals surface area contributed by atoms with E-state index in [0.29, 0.717) is 11.3 Å². The third-order valence-corrected chi connectivity index (χ3v) is 7.31. The number of allylic oxidation sites excluding steroid dienone is 1. The van der Waals surface area contributed by atoms with E-state index in [1.165, 1.54) is 0 Å². The summed E-state index contributed by atoms with van der Waals surface area (Å²) in [5.74, 6) is -0.832. The number of fused-ring (bicyclic) bond motifs is 1. The lowest BCUT2D eigenvalue weighted by molar-refractivity contribution is -0.120. The van der Waals surface area contributed by atoms with Gasteiger partial charge in [0.1, 0.15) is 0 Å². The Morgan fingerprint density at radius 3 is 2.64 bits per heavy atom. The van der Waals surface area contributed by atoms with Crippen molar-refractivity contribution in [2.45, 2.75) is 52.7 Å². The van der Waals surface area contributed by atoms with Gasteiger partial charge in [-0.1, -0.05) is 5.57 Å². The van der Waals surface area contributed by atoms with E-state index < -0.39 is 5.92 Å². The number of aliphatic hydroxyl groups is 1. The van der Waals surface area contributed by atoms with Crippen molar-refractivity contribution >= 4 is 39.0 Å². The molecule has 4 rings (SSSR count). The molecule has 1 fully saturated rings. The molecule has 4 heterocycles. The Morgan fingerprint density at radius 1 is 1.27 bits per heavy atom. The van der Waals surface area contributed by atoms with Crippen LogP contribution in [-0.4, -0.2) is 57.7 Å². The smallest absolute Gasteiger partial charge is 0.254 e. The minimum atomic E-state index is -0.428. The monoisotopic (exact) mass is 514 g/mol. The first kappa shape index (κ1) is 23.9. The van der Waals surface area contributed by atoms with E-state index in [-0.39, 0.29) is 30.5 Å². The van der Waals surface area contributed by atoms with Gasteiger partial charge in [-0.3, -0.25) is 14.5 Å². The third-order valence-electron chi connectivity index (χ3n) is 6.88. The standard InChI is InChI=1S/C25H31BrN4O3/c1-14-9-15(2)28-25(33)22(14)12-27-24(32)21-11-19-10-18(26)13-30(19)23(16(21)3)17(4)29-7-5-20(31)6-8-29/h9-11,13,17,20,22,31H,5-8,12H2,1-4H3,(H,27,32). The van der Waals surface area contributed by atoms with Gasteiger partial charge in [-0.25, -0.2) is 4.99 Å². The summed E-state index contributed by atoms with van der Waals surface area (Å²) in [4.78, 5) is 32.0. The van der Waals surface area contributed by atoms with Crippen LogP contribution in [0, 0.1) is 12.8 Å². The second-order valence-corrected chi connectivity index (χ2v) is 10.1. The van der Waals surface area contributed by atoms with Crippen molar-refractivity contribution < 1.29 is 14.7 Å². The van der Waals surface area contributed by atoms with E-state index in [1.807, 2.05) is 38.3 Å². The maximum atomic E-state index is 13.3. The number of carbonyl (C=O) groups is 2. The average molecular weight is 515 g/mol.